The molecule has 9 nitrogen and oxygen atoms in total. The number of piperazine rings is 1. The topological polar surface area (TPSA) is 101 Å². The zero-order chi connectivity index (χ0) is 25.5. The van der Waals surface area contributed by atoms with Gasteiger partial charge in [0.05, 0.1) is 14.2 Å². The average Bonchev–Trinajstić information content (AvgIpc) is 3.34. The van der Waals surface area contributed by atoms with Crippen molar-refractivity contribution in [2.45, 2.75) is 0 Å². The maximum absolute atomic E-state index is 13.7. The number of oxazole rings is 1. The Kier molecular flexibility index (Phi) is 7.70. The summed E-state index contributed by atoms with van der Waals surface area (Å²) in [5, 5.41) is 9.55. The van der Waals surface area contributed by atoms with Crippen molar-refractivity contribution in [3.8, 4) is 23.3 Å². The van der Waals surface area contributed by atoms with Gasteiger partial charge in [-0.15, -0.1) is 0 Å². The largest absolute Gasteiger partial charge is 0.493 e. The van der Waals surface area contributed by atoms with Gasteiger partial charge in [0.1, 0.15) is 6.07 Å². The third kappa shape index (κ3) is 5.58. The van der Waals surface area contributed by atoms with Gasteiger partial charge in [-0.1, -0.05) is 18.2 Å². The van der Waals surface area contributed by atoms with E-state index >= 15 is 0 Å². The van der Waals surface area contributed by atoms with Gasteiger partial charge in [0.25, 0.3) is 5.91 Å². The quantitative estimate of drug-likeness (QED) is 0.470. The Morgan fingerprint density at radius 1 is 1.08 bits per heavy atom. The van der Waals surface area contributed by atoms with E-state index in [0.717, 1.165) is 5.56 Å². The number of nitriles is 1. The minimum Gasteiger partial charge on any atom is -0.493 e. The first-order valence-corrected chi connectivity index (χ1v) is 11.2. The zero-order valence-electron chi connectivity index (χ0n) is 19.9. The maximum atomic E-state index is 13.7. The van der Waals surface area contributed by atoms with Crippen LogP contribution in [0, 0.1) is 17.1 Å². The van der Waals surface area contributed by atoms with Gasteiger partial charge in [0, 0.05) is 32.3 Å². The fourth-order valence-electron chi connectivity index (χ4n) is 3.76. The molecular formula is C26H25FN4O5. The van der Waals surface area contributed by atoms with Crippen LogP contribution in [-0.4, -0.2) is 62.8 Å². The highest BCUT2D eigenvalue weighted by molar-refractivity contribution is 5.78. The summed E-state index contributed by atoms with van der Waals surface area (Å²) in [6.45, 7) is 1.46. The lowest BCUT2D eigenvalue weighted by atomic mass is 10.2. The van der Waals surface area contributed by atoms with E-state index in [1.807, 2.05) is 17.0 Å². The maximum Gasteiger partial charge on any atom is 0.260 e. The molecule has 0 spiro atoms. The Hall–Kier alpha value is -4.52. The van der Waals surface area contributed by atoms with Crippen LogP contribution in [0.15, 0.2) is 46.9 Å². The van der Waals surface area contributed by atoms with E-state index in [0.29, 0.717) is 43.6 Å². The molecule has 0 radical (unpaired) electrons. The number of rotatable bonds is 8. The van der Waals surface area contributed by atoms with E-state index in [1.54, 1.807) is 49.5 Å². The lowest BCUT2D eigenvalue weighted by Crippen LogP contribution is -2.50. The summed E-state index contributed by atoms with van der Waals surface area (Å²) in [6, 6.07) is 13.5. The summed E-state index contributed by atoms with van der Waals surface area (Å²) in [5.41, 5.74) is 1.01. The van der Waals surface area contributed by atoms with E-state index in [-0.39, 0.29) is 29.8 Å². The normalized spacial score (nSPS) is 13.5. The Bertz CT molecular complexity index is 1290. The van der Waals surface area contributed by atoms with E-state index in [9.17, 15) is 14.4 Å². The van der Waals surface area contributed by atoms with Crippen molar-refractivity contribution in [2.75, 3.05) is 51.9 Å². The summed E-state index contributed by atoms with van der Waals surface area (Å²) in [4.78, 5) is 20.3. The van der Waals surface area contributed by atoms with Crippen LogP contribution in [0.25, 0.3) is 12.2 Å². The molecule has 0 unspecified atom stereocenters. The van der Waals surface area contributed by atoms with E-state index in [4.69, 9.17) is 18.6 Å². The van der Waals surface area contributed by atoms with Crippen molar-refractivity contribution in [3.05, 3.63) is 65.4 Å². The second-order valence-corrected chi connectivity index (χ2v) is 7.85. The molecule has 1 saturated heterocycles. The number of anilines is 1. The monoisotopic (exact) mass is 492 g/mol. The standard InChI is InChI=1S/C26H25FN4O5/c1-33-22-9-7-18(15-23(22)34-2)8-10-24-29-20(16-28)26(36-24)31-13-11-30(12-14-31)25(32)17-35-21-6-4-3-5-19(21)27/h3-10,15H,11-14,17H2,1-2H3/b10-8+. The van der Waals surface area contributed by atoms with E-state index in [1.165, 1.54) is 12.1 Å². The van der Waals surface area contributed by atoms with Crippen LogP contribution < -0.4 is 19.1 Å². The Balaban J connectivity index is 1.37. The molecule has 0 N–H and O–H groups in total. The van der Waals surface area contributed by atoms with Gasteiger partial charge >= 0.3 is 0 Å². The fourth-order valence-corrected chi connectivity index (χ4v) is 3.76. The number of hydrogen-bond acceptors (Lipinski definition) is 8. The Labute approximate surface area is 207 Å². The van der Waals surface area contributed by atoms with Gasteiger partial charge in [-0.25, -0.2) is 4.39 Å². The lowest BCUT2D eigenvalue weighted by molar-refractivity contribution is -0.133. The van der Waals surface area contributed by atoms with Crippen LogP contribution in [-0.2, 0) is 4.79 Å². The fraction of sp³-hybridized carbons (Fsp3) is 0.269. The number of carbonyl (C=O) groups is 1. The van der Waals surface area contributed by atoms with E-state index < -0.39 is 5.82 Å². The zero-order valence-corrected chi connectivity index (χ0v) is 19.9. The average molecular weight is 493 g/mol. The number of carbonyl (C=O) groups excluding carboxylic acids is 1. The first-order chi connectivity index (χ1) is 17.5. The van der Waals surface area contributed by atoms with Crippen LogP contribution in [0.5, 0.6) is 17.2 Å². The molecule has 36 heavy (non-hydrogen) atoms. The van der Waals surface area contributed by atoms with Crippen LogP contribution in [0.4, 0.5) is 10.3 Å². The SMILES string of the molecule is COc1ccc(/C=C/c2nc(C#N)c(N3CCN(C(=O)COc4ccccc4F)CC3)o2)cc1OC. The molecule has 1 aromatic heterocycles. The van der Waals surface area contributed by atoms with Crippen molar-refractivity contribution >= 4 is 23.9 Å². The van der Waals surface area contributed by atoms with Crippen molar-refractivity contribution < 1.29 is 27.8 Å². The van der Waals surface area contributed by atoms with Gasteiger partial charge < -0.3 is 28.4 Å². The first kappa shape index (κ1) is 24.6. The van der Waals surface area contributed by atoms with Crippen LogP contribution in [0.1, 0.15) is 17.1 Å². The number of amides is 1. The smallest absolute Gasteiger partial charge is 0.260 e. The molecule has 3 aromatic rings. The van der Waals surface area contributed by atoms with Crippen molar-refractivity contribution in [3.63, 3.8) is 0 Å². The summed E-state index contributed by atoms with van der Waals surface area (Å²) < 4.78 is 35.4. The Morgan fingerprint density at radius 3 is 2.53 bits per heavy atom. The molecule has 186 valence electrons. The lowest BCUT2D eigenvalue weighted by Gasteiger charge is -2.34. The Morgan fingerprint density at radius 2 is 1.83 bits per heavy atom. The number of para-hydroxylation sites is 1. The van der Waals surface area contributed by atoms with Crippen LogP contribution in [0.2, 0.25) is 0 Å². The molecule has 1 aliphatic heterocycles. The number of benzene rings is 2. The third-order valence-electron chi connectivity index (χ3n) is 5.67. The molecule has 0 saturated carbocycles. The molecule has 0 aliphatic carbocycles. The summed E-state index contributed by atoms with van der Waals surface area (Å²) >= 11 is 0. The number of ether oxygens (including phenoxy) is 3. The highest BCUT2D eigenvalue weighted by Gasteiger charge is 2.26. The highest BCUT2D eigenvalue weighted by atomic mass is 19.1. The molecule has 2 aromatic carbocycles. The number of methoxy groups -OCH3 is 2. The van der Waals surface area contributed by atoms with E-state index in [2.05, 4.69) is 11.1 Å². The minimum absolute atomic E-state index is 0.0403. The number of nitrogens with zero attached hydrogens (tertiary/aromatic N) is 4. The molecule has 4 rings (SSSR count). The minimum atomic E-state index is -0.513. The molecule has 1 amide bonds. The third-order valence-corrected chi connectivity index (χ3v) is 5.67. The van der Waals surface area contributed by atoms with Crippen LogP contribution >= 0.6 is 0 Å². The number of aromatic nitrogens is 1. The van der Waals surface area contributed by atoms with Gasteiger partial charge in [-0.05, 0) is 35.9 Å². The molecule has 1 aliphatic rings. The first-order valence-electron chi connectivity index (χ1n) is 11.2. The molecular weight excluding hydrogens is 467 g/mol. The summed E-state index contributed by atoms with van der Waals surface area (Å²) in [6.07, 6.45) is 3.47. The predicted octanol–water partition coefficient (Wildman–Crippen LogP) is 3.60. The van der Waals surface area contributed by atoms with Gasteiger partial charge in [-0.2, -0.15) is 10.2 Å². The molecule has 10 heteroatoms. The number of hydrogen-bond donors (Lipinski definition) is 0. The second kappa shape index (κ2) is 11.3. The van der Waals surface area contributed by atoms with Crippen molar-refractivity contribution in [1.29, 1.82) is 5.26 Å². The molecule has 2 heterocycles. The van der Waals surface area contributed by atoms with Crippen LogP contribution in [0.3, 0.4) is 0 Å². The molecule has 0 atom stereocenters. The summed E-state index contributed by atoms with van der Waals surface area (Å²) in [5.74, 6) is 1.15. The number of halogens is 1. The molecule has 0 bridgehead atoms. The molecule has 1 fully saturated rings. The van der Waals surface area contributed by atoms with Crippen molar-refractivity contribution in [2.24, 2.45) is 0 Å². The van der Waals surface area contributed by atoms with Gasteiger partial charge in [0.2, 0.25) is 17.5 Å². The second-order valence-electron chi connectivity index (χ2n) is 7.85. The van der Waals surface area contributed by atoms with Crippen molar-refractivity contribution in [1.82, 2.24) is 9.88 Å². The van der Waals surface area contributed by atoms with Gasteiger partial charge in [0.15, 0.2) is 29.7 Å². The van der Waals surface area contributed by atoms with Gasteiger partial charge in [-0.3, -0.25) is 4.79 Å². The summed E-state index contributed by atoms with van der Waals surface area (Å²) in [7, 11) is 3.13. The highest BCUT2D eigenvalue weighted by Crippen LogP contribution is 2.29. The predicted molar refractivity (Wildman–Crippen MR) is 130 cm³/mol.